The van der Waals surface area contributed by atoms with Gasteiger partial charge in [-0.1, -0.05) is 6.07 Å². The highest BCUT2D eigenvalue weighted by atomic mass is 19.1. The summed E-state index contributed by atoms with van der Waals surface area (Å²) < 4.78 is 13.2. The molecule has 1 saturated carbocycles. The van der Waals surface area contributed by atoms with E-state index in [9.17, 15) is 4.39 Å². The molecule has 3 rings (SSSR count). The number of hydrogen-bond donors (Lipinski definition) is 1. The highest BCUT2D eigenvalue weighted by molar-refractivity contribution is 5.40. The molecule has 0 saturated heterocycles. The van der Waals surface area contributed by atoms with Crippen molar-refractivity contribution < 1.29 is 4.39 Å². The van der Waals surface area contributed by atoms with E-state index < -0.39 is 0 Å². The summed E-state index contributed by atoms with van der Waals surface area (Å²) in [5.41, 5.74) is 2.89. The lowest BCUT2D eigenvalue weighted by molar-refractivity contribution is 0.591. The fourth-order valence-electron chi connectivity index (χ4n) is 2.50. The van der Waals surface area contributed by atoms with Crippen LogP contribution in [0.15, 0.2) is 18.2 Å². The van der Waals surface area contributed by atoms with Gasteiger partial charge in [0.25, 0.3) is 0 Å². The van der Waals surface area contributed by atoms with Crippen LogP contribution in [0.3, 0.4) is 0 Å². The first kappa shape index (κ1) is 8.42. The Morgan fingerprint density at radius 1 is 1.29 bits per heavy atom. The predicted molar refractivity (Wildman–Crippen MR) is 53.9 cm³/mol. The lowest BCUT2D eigenvalue weighted by Gasteiger charge is -2.15. The first-order valence-corrected chi connectivity index (χ1v) is 5.30. The molecule has 0 radical (unpaired) electrons. The van der Waals surface area contributed by atoms with Gasteiger partial charge in [0.2, 0.25) is 0 Å². The summed E-state index contributed by atoms with van der Waals surface area (Å²) in [6.45, 7) is 2.06. The number of nitrogens with one attached hydrogen (secondary N) is 1. The third-order valence-electron chi connectivity index (χ3n) is 3.53. The van der Waals surface area contributed by atoms with Crippen LogP contribution in [0.25, 0.3) is 0 Å². The van der Waals surface area contributed by atoms with Crippen LogP contribution >= 0.6 is 0 Å². The van der Waals surface area contributed by atoms with Crippen molar-refractivity contribution >= 4 is 0 Å². The van der Waals surface area contributed by atoms with Crippen LogP contribution < -0.4 is 5.32 Å². The van der Waals surface area contributed by atoms with Crippen molar-refractivity contribution in [2.45, 2.75) is 24.7 Å². The Morgan fingerprint density at radius 3 is 2.93 bits per heavy atom. The molecule has 1 aliphatic heterocycles. The van der Waals surface area contributed by atoms with E-state index in [1.165, 1.54) is 24.0 Å². The third-order valence-corrected chi connectivity index (χ3v) is 3.53. The minimum atomic E-state index is -0.0862. The average molecular weight is 191 g/mol. The molecule has 1 N–H and O–H groups in total. The molecule has 0 bridgehead atoms. The number of rotatable bonds is 0. The second kappa shape index (κ2) is 2.80. The van der Waals surface area contributed by atoms with Gasteiger partial charge in [0.05, 0.1) is 0 Å². The Kier molecular flexibility index (Phi) is 1.68. The fourth-order valence-corrected chi connectivity index (χ4v) is 2.50. The van der Waals surface area contributed by atoms with Crippen molar-refractivity contribution in [3.8, 4) is 0 Å². The van der Waals surface area contributed by atoms with Gasteiger partial charge in [-0.3, -0.25) is 0 Å². The van der Waals surface area contributed by atoms with Gasteiger partial charge in [-0.2, -0.15) is 0 Å². The van der Waals surface area contributed by atoms with Crippen molar-refractivity contribution in [3.63, 3.8) is 0 Å². The van der Waals surface area contributed by atoms with Crippen molar-refractivity contribution in [1.82, 2.24) is 5.32 Å². The summed E-state index contributed by atoms with van der Waals surface area (Å²) in [5, 5.41) is 3.44. The Balaban J connectivity index is 2.13. The van der Waals surface area contributed by atoms with Crippen LogP contribution in [-0.4, -0.2) is 13.1 Å². The molecule has 0 amide bonds. The molecular weight excluding hydrogens is 177 g/mol. The molecule has 0 unspecified atom stereocenters. The molecule has 74 valence electrons. The number of fused-ring (bicyclic) bond motifs is 2. The summed E-state index contributed by atoms with van der Waals surface area (Å²) in [5.74, 6) is -0.0862. The molecular formula is C12H14FN. The van der Waals surface area contributed by atoms with Gasteiger partial charge in [0.1, 0.15) is 5.82 Å². The Morgan fingerprint density at radius 2 is 2.14 bits per heavy atom. The molecule has 1 heterocycles. The van der Waals surface area contributed by atoms with Gasteiger partial charge < -0.3 is 5.32 Å². The van der Waals surface area contributed by atoms with Crippen LogP contribution in [0.2, 0.25) is 0 Å². The molecule has 0 aromatic heterocycles. The van der Waals surface area contributed by atoms with Gasteiger partial charge in [-0.05, 0) is 49.1 Å². The summed E-state index contributed by atoms with van der Waals surface area (Å²) in [4.78, 5) is 0. The first-order valence-electron chi connectivity index (χ1n) is 5.30. The number of benzene rings is 1. The normalized spacial score (nSPS) is 22.9. The van der Waals surface area contributed by atoms with Gasteiger partial charge >= 0.3 is 0 Å². The highest BCUT2D eigenvalue weighted by Gasteiger charge is 2.45. The van der Waals surface area contributed by atoms with Crippen molar-refractivity contribution in [2.75, 3.05) is 13.1 Å². The van der Waals surface area contributed by atoms with Crippen LogP contribution in [-0.2, 0) is 11.8 Å². The summed E-state index contributed by atoms with van der Waals surface area (Å²) >= 11 is 0. The summed E-state index contributed by atoms with van der Waals surface area (Å²) in [7, 11) is 0. The van der Waals surface area contributed by atoms with Crippen LogP contribution in [0.4, 0.5) is 4.39 Å². The van der Waals surface area contributed by atoms with E-state index in [-0.39, 0.29) is 11.2 Å². The Hall–Kier alpha value is -0.890. The molecule has 1 nitrogen and oxygen atoms in total. The van der Waals surface area contributed by atoms with E-state index in [4.69, 9.17) is 0 Å². The minimum absolute atomic E-state index is 0.0862. The number of hydrogen-bond acceptors (Lipinski definition) is 1. The lowest BCUT2D eigenvalue weighted by atomic mass is 9.91. The molecule has 1 aromatic carbocycles. The van der Waals surface area contributed by atoms with E-state index in [0.29, 0.717) is 0 Å². The van der Waals surface area contributed by atoms with Crippen molar-refractivity contribution in [2.24, 2.45) is 0 Å². The predicted octanol–water partition coefficient (Wildman–Crippen LogP) is 2.00. The maximum atomic E-state index is 13.2. The van der Waals surface area contributed by atoms with Crippen molar-refractivity contribution in [1.29, 1.82) is 0 Å². The monoisotopic (exact) mass is 191 g/mol. The molecule has 2 heteroatoms. The van der Waals surface area contributed by atoms with Gasteiger partial charge in [-0.15, -0.1) is 0 Å². The second-order valence-electron chi connectivity index (χ2n) is 4.51. The molecule has 2 aliphatic rings. The van der Waals surface area contributed by atoms with Crippen molar-refractivity contribution in [3.05, 3.63) is 35.1 Å². The molecule has 1 aromatic rings. The minimum Gasteiger partial charge on any atom is -0.316 e. The molecule has 14 heavy (non-hydrogen) atoms. The smallest absolute Gasteiger partial charge is 0.123 e. The second-order valence-corrected chi connectivity index (χ2v) is 4.51. The van der Waals surface area contributed by atoms with Gasteiger partial charge in [-0.25, -0.2) is 4.39 Å². The van der Waals surface area contributed by atoms with Gasteiger partial charge in [0.15, 0.2) is 0 Å². The maximum absolute atomic E-state index is 13.2. The third kappa shape index (κ3) is 1.17. The van der Waals surface area contributed by atoms with Gasteiger partial charge in [0, 0.05) is 12.0 Å². The van der Waals surface area contributed by atoms with E-state index in [1.54, 1.807) is 12.1 Å². The van der Waals surface area contributed by atoms with E-state index >= 15 is 0 Å². The largest absolute Gasteiger partial charge is 0.316 e. The topological polar surface area (TPSA) is 12.0 Å². The zero-order chi connectivity index (χ0) is 9.60. The maximum Gasteiger partial charge on any atom is 0.123 e. The SMILES string of the molecule is Fc1ccc2c(c1)C1(CC1)CNCC2. The molecule has 1 fully saturated rings. The number of halogens is 1. The van der Waals surface area contributed by atoms with E-state index in [0.717, 1.165) is 19.5 Å². The standard InChI is InChI=1S/C12H14FN/c13-10-2-1-9-3-6-14-8-12(4-5-12)11(9)7-10/h1-2,7,14H,3-6,8H2. The molecule has 1 spiro atoms. The average Bonchev–Trinajstić information content (AvgIpc) is 2.97. The van der Waals surface area contributed by atoms with E-state index in [2.05, 4.69) is 5.32 Å². The summed E-state index contributed by atoms with van der Waals surface area (Å²) in [6, 6.07) is 5.29. The Bertz CT molecular complexity index is 369. The lowest BCUT2D eigenvalue weighted by Crippen LogP contribution is -2.25. The zero-order valence-corrected chi connectivity index (χ0v) is 8.15. The zero-order valence-electron chi connectivity index (χ0n) is 8.15. The molecule has 1 aliphatic carbocycles. The fraction of sp³-hybridized carbons (Fsp3) is 0.500. The van der Waals surface area contributed by atoms with Crippen LogP contribution in [0, 0.1) is 5.82 Å². The first-order chi connectivity index (χ1) is 6.80. The Labute approximate surface area is 83.3 Å². The quantitative estimate of drug-likeness (QED) is 0.661. The van der Waals surface area contributed by atoms with Crippen LogP contribution in [0.5, 0.6) is 0 Å². The molecule has 0 atom stereocenters. The van der Waals surface area contributed by atoms with E-state index in [1.807, 2.05) is 6.07 Å². The highest BCUT2D eigenvalue weighted by Crippen LogP contribution is 2.49. The van der Waals surface area contributed by atoms with Crippen LogP contribution in [0.1, 0.15) is 24.0 Å². The summed E-state index contributed by atoms with van der Waals surface area (Å²) in [6.07, 6.45) is 3.48.